The maximum Gasteiger partial charge on any atom is 0.471 e. The smallest absolute Gasteiger partial charge is 0.367 e. The molecule has 1 saturated heterocycles. The van der Waals surface area contributed by atoms with Crippen LogP contribution in [0.1, 0.15) is 12.8 Å². The summed E-state index contributed by atoms with van der Waals surface area (Å²) in [5.41, 5.74) is 2.36. The van der Waals surface area contributed by atoms with Crippen molar-refractivity contribution in [2.75, 3.05) is 23.7 Å². The van der Waals surface area contributed by atoms with Crippen molar-refractivity contribution in [3.05, 3.63) is 48.9 Å². The van der Waals surface area contributed by atoms with E-state index >= 15 is 0 Å². The molecule has 168 valence electrons. The summed E-state index contributed by atoms with van der Waals surface area (Å²) < 4.78 is 39.8. The number of rotatable bonds is 5. The summed E-state index contributed by atoms with van der Waals surface area (Å²) in [6.45, 7) is 0.0525. The van der Waals surface area contributed by atoms with E-state index in [1.807, 2.05) is 36.5 Å². The van der Waals surface area contributed by atoms with Crippen molar-refractivity contribution in [3.8, 4) is 11.1 Å². The van der Waals surface area contributed by atoms with E-state index in [4.69, 9.17) is 0 Å². The lowest BCUT2D eigenvalue weighted by Crippen LogP contribution is -2.47. The van der Waals surface area contributed by atoms with Crippen LogP contribution in [0.2, 0.25) is 0 Å². The quantitative estimate of drug-likeness (QED) is 0.624. The highest BCUT2D eigenvalue weighted by molar-refractivity contribution is 5.82. The Morgan fingerprint density at radius 1 is 1.12 bits per heavy atom. The molecular formula is C21H22F3N7O. The van der Waals surface area contributed by atoms with Crippen molar-refractivity contribution >= 4 is 23.4 Å². The summed E-state index contributed by atoms with van der Waals surface area (Å²) in [7, 11) is 1.80. The molecule has 32 heavy (non-hydrogen) atoms. The molecule has 3 heterocycles. The number of nitrogens with one attached hydrogen (secondary N) is 2. The largest absolute Gasteiger partial charge is 0.471 e. The SMILES string of the molecule is Cn1cc(-c2cnc(Nc3ccccc3)nc2NC2CCN(C(=O)C(F)(F)F)CC2)cn1. The van der Waals surface area contributed by atoms with E-state index in [9.17, 15) is 18.0 Å². The highest BCUT2D eigenvalue weighted by atomic mass is 19.4. The minimum Gasteiger partial charge on any atom is -0.367 e. The number of hydrogen-bond donors (Lipinski definition) is 2. The second-order valence-electron chi connectivity index (χ2n) is 7.56. The first-order valence-electron chi connectivity index (χ1n) is 10.1. The normalized spacial score (nSPS) is 14.9. The van der Waals surface area contributed by atoms with E-state index in [-0.39, 0.29) is 19.1 Å². The fourth-order valence-corrected chi connectivity index (χ4v) is 3.57. The molecular weight excluding hydrogens is 423 g/mol. The number of aryl methyl sites for hydroxylation is 1. The van der Waals surface area contributed by atoms with Crippen LogP contribution in [-0.4, -0.2) is 55.9 Å². The predicted octanol–water partition coefficient (Wildman–Crippen LogP) is 3.59. The van der Waals surface area contributed by atoms with Gasteiger partial charge in [-0.1, -0.05) is 18.2 Å². The Kier molecular flexibility index (Phi) is 5.97. The maximum absolute atomic E-state index is 12.7. The van der Waals surface area contributed by atoms with Crippen molar-refractivity contribution < 1.29 is 18.0 Å². The second kappa shape index (κ2) is 8.85. The number of piperidine rings is 1. The van der Waals surface area contributed by atoms with Crippen LogP contribution in [-0.2, 0) is 11.8 Å². The molecule has 8 nitrogen and oxygen atoms in total. The zero-order chi connectivity index (χ0) is 22.7. The van der Waals surface area contributed by atoms with Crippen LogP contribution in [0, 0.1) is 0 Å². The van der Waals surface area contributed by atoms with Gasteiger partial charge in [0.05, 0.1) is 6.20 Å². The zero-order valence-electron chi connectivity index (χ0n) is 17.3. The lowest BCUT2D eigenvalue weighted by Gasteiger charge is -2.33. The molecule has 1 aliphatic rings. The molecule has 0 atom stereocenters. The highest BCUT2D eigenvalue weighted by Gasteiger charge is 2.43. The van der Waals surface area contributed by atoms with E-state index < -0.39 is 12.1 Å². The van der Waals surface area contributed by atoms with Crippen LogP contribution in [0.3, 0.4) is 0 Å². The number of nitrogens with zero attached hydrogens (tertiary/aromatic N) is 5. The fraction of sp³-hybridized carbons (Fsp3) is 0.333. The van der Waals surface area contributed by atoms with Gasteiger partial charge in [-0.15, -0.1) is 0 Å². The molecule has 4 rings (SSSR count). The van der Waals surface area contributed by atoms with Gasteiger partial charge in [0, 0.05) is 55.4 Å². The lowest BCUT2D eigenvalue weighted by molar-refractivity contribution is -0.186. The highest BCUT2D eigenvalue weighted by Crippen LogP contribution is 2.29. The number of halogens is 3. The van der Waals surface area contributed by atoms with Crippen LogP contribution in [0.25, 0.3) is 11.1 Å². The minimum atomic E-state index is -4.85. The average Bonchev–Trinajstić information content (AvgIpc) is 3.20. The summed E-state index contributed by atoms with van der Waals surface area (Å²) in [5.74, 6) is -0.855. The van der Waals surface area contributed by atoms with Crippen molar-refractivity contribution in [2.24, 2.45) is 7.05 Å². The predicted molar refractivity (Wildman–Crippen MR) is 113 cm³/mol. The summed E-state index contributed by atoms with van der Waals surface area (Å²) in [6, 6.07) is 9.32. The molecule has 0 saturated carbocycles. The van der Waals surface area contributed by atoms with Gasteiger partial charge in [0.1, 0.15) is 5.82 Å². The summed E-state index contributed by atoms with van der Waals surface area (Å²) in [4.78, 5) is 21.3. The number of para-hydroxylation sites is 1. The number of alkyl halides is 3. The third-order valence-corrected chi connectivity index (χ3v) is 5.20. The van der Waals surface area contributed by atoms with E-state index in [0.717, 1.165) is 21.7 Å². The average molecular weight is 445 g/mol. The van der Waals surface area contributed by atoms with Gasteiger partial charge in [-0.05, 0) is 25.0 Å². The van der Waals surface area contributed by atoms with Gasteiger partial charge in [-0.3, -0.25) is 9.48 Å². The Morgan fingerprint density at radius 3 is 2.47 bits per heavy atom. The molecule has 0 aliphatic carbocycles. The van der Waals surface area contributed by atoms with E-state index in [0.29, 0.717) is 24.6 Å². The molecule has 1 amide bonds. The molecule has 1 fully saturated rings. The van der Waals surface area contributed by atoms with Crippen molar-refractivity contribution in [2.45, 2.75) is 25.1 Å². The Morgan fingerprint density at radius 2 is 1.84 bits per heavy atom. The molecule has 1 aromatic carbocycles. The lowest BCUT2D eigenvalue weighted by atomic mass is 10.0. The number of amides is 1. The Bertz CT molecular complexity index is 1080. The molecule has 1 aliphatic heterocycles. The van der Waals surface area contributed by atoms with E-state index in [2.05, 4.69) is 25.7 Å². The van der Waals surface area contributed by atoms with Gasteiger partial charge < -0.3 is 15.5 Å². The molecule has 2 aromatic heterocycles. The first-order valence-corrected chi connectivity index (χ1v) is 10.1. The van der Waals surface area contributed by atoms with Gasteiger partial charge in [0.25, 0.3) is 0 Å². The molecule has 0 unspecified atom stereocenters. The first-order chi connectivity index (χ1) is 15.3. The van der Waals surface area contributed by atoms with Gasteiger partial charge in [-0.2, -0.15) is 23.3 Å². The molecule has 0 spiro atoms. The van der Waals surface area contributed by atoms with Gasteiger partial charge in [0.2, 0.25) is 5.95 Å². The van der Waals surface area contributed by atoms with Crippen LogP contribution < -0.4 is 10.6 Å². The van der Waals surface area contributed by atoms with Gasteiger partial charge in [0.15, 0.2) is 0 Å². The number of likely N-dealkylation sites (tertiary alicyclic amines) is 1. The summed E-state index contributed by atoms with van der Waals surface area (Å²) in [5, 5.41) is 10.7. The van der Waals surface area contributed by atoms with Crippen LogP contribution >= 0.6 is 0 Å². The van der Waals surface area contributed by atoms with E-state index in [1.54, 1.807) is 24.1 Å². The third kappa shape index (κ3) is 4.98. The van der Waals surface area contributed by atoms with Crippen molar-refractivity contribution in [1.29, 1.82) is 0 Å². The fourth-order valence-electron chi connectivity index (χ4n) is 3.57. The summed E-state index contributed by atoms with van der Waals surface area (Å²) in [6.07, 6.45) is 1.11. The van der Waals surface area contributed by atoms with Crippen LogP contribution in [0.5, 0.6) is 0 Å². The van der Waals surface area contributed by atoms with Crippen molar-refractivity contribution in [1.82, 2.24) is 24.6 Å². The van der Waals surface area contributed by atoms with Crippen LogP contribution in [0.15, 0.2) is 48.9 Å². The van der Waals surface area contributed by atoms with Crippen molar-refractivity contribution in [3.63, 3.8) is 0 Å². The summed E-state index contributed by atoms with van der Waals surface area (Å²) >= 11 is 0. The minimum absolute atomic E-state index is 0.0262. The number of carbonyl (C=O) groups excluding carboxylic acids is 1. The number of anilines is 3. The van der Waals surface area contributed by atoms with Gasteiger partial charge in [-0.25, -0.2) is 4.98 Å². The third-order valence-electron chi connectivity index (χ3n) is 5.20. The Hall–Kier alpha value is -3.63. The molecule has 11 heteroatoms. The maximum atomic E-state index is 12.7. The number of aromatic nitrogens is 4. The monoisotopic (exact) mass is 445 g/mol. The molecule has 3 aromatic rings. The standard InChI is InChI=1S/C21H22F3N7O/c1-30-13-14(11-26-30)17-12-25-20(28-15-5-3-2-4-6-15)29-18(17)27-16-7-9-31(10-8-16)19(32)21(22,23)24/h2-6,11-13,16H,7-10H2,1H3,(H2,25,27,28,29). The van der Waals surface area contributed by atoms with Gasteiger partial charge >= 0.3 is 12.1 Å². The Labute approximate surface area is 182 Å². The molecule has 0 radical (unpaired) electrons. The number of carbonyl (C=O) groups is 1. The number of benzene rings is 1. The molecule has 2 N–H and O–H groups in total. The number of hydrogen-bond acceptors (Lipinski definition) is 6. The molecule has 0 bridgehead atoms. The van der Waals surface area contributed by atoms with Crippen LogP contribution in [0.4, 0.5) is 30.6 Å². The zero-order valence-corrected chi connectivity index (χ0v) is 17.3. The second-order valence-corrected chi connectivity index (χ2v) is 7.56. The van der Waals surface area contributed by atoms with E-state index in [1.165, 1.54) is 0 Å². The Balaban J connectivity index is 1.53. The topological polar surface area (TPSA) is 88.0 Å². The first kappa shape index (κ1) is 21.6.